The zero-order valence-corrected chi connectivity index (χ0v) is 11.1. The molecule has 1 N–H and O–H groups in total. The van der Waals surface area contributed by atoms with Crippen LogP contribution in [0, 0.1) is 0 Å². The normalized spacial score (nSPS) is 11.4. The van der Waals surface area contributed by atoms with Gasteiger partial charge in [0.05, 0.1) is 22.9 Å². The zero-order chi connectivity index (χ0) is 12.7. The van der Waals surface area contributed by atoms with E-state index >= 15 is 0 Å². The van der Waals surface area contributed by atoms with Gasteiger partial charge in [-0.2, -0.15) is 0 Å². The average Bonchev–Trinajstić information content (AvgIpc) is 2.35. The fourth-order valence-electron chi connectivity index (χ4n) is 1.44. The number of hydrogen-bond donors (Lipinski definition) is 1. The van der Waals surface area contributed by atoms with Crippen LogP contribution in [0.1, 0.15) is 13.8 Å². The summed E-state index contributed by atoms with van der Waals surface area (Å²) in [4.78, 5) is 0.360. The van der Waals surface area contributed by atoms with Gasteiger partial charge in [-0.3, -0.25) is 0 Å². The van der Waals surface area contributed by atoms with Crippen LogP contribution in [-0.2, 0) is 14.6 Å². The minimum atomic E-state index is -3.17. The number of nitrogens with one attached hydrogen (secondary N) is 1. The van der Waals surface area contributed by atoms with Crippen molar-refractivity contribution in [2.75, 3.05) is 30.8 Å². The third kappa shape index (κ3) is 4.02. The van der Waals surface area contributed by atoms with Gasteiger partial charge in [0.2, 0.25) is 0 Å². The summed E-state index contributed by atoms with van der Waals surface area (Å²) in [7, 11) is -3.17. The summed E-state index contributed by atoms with van der Waals surface area (Å²) >= 11 is 0. The molecule has 0 atom stereocenters. The minimum Gasteiger partial charge on any atom is -0.382 e. The van der Waals surface area contributed by atoms with Gasteiger partial charge < -0.3 is 10.1 Å². The molecular weight excluding hydrogens is 238 g/mol. The van der Waals surface area contributed by atoms with Crippen molar-refractivity contribution >= 4 is 15.5 Å². The van der Waals surface area contributed by atoms with Crippen LogP contribution in [0.2, 0.25) is 0 Å². The maximum absolute atomic E-state index is 11.8. The van der Waals surface area contributed by atoms with Crippen molar-refractivity contribution in [2.45, 2.75) is 18.7 Å². The molecule has 0 saturated heterocycles. The topological polar surface area (TPSA) is 55.4 Å². The van der Waals surface area contributed by atoms with E-state index in [9.17, 15) is 8.42 Å². The number of ether oxygens (including phenoxy) is 1. The second-order valence-corrected chi connectivity index (χ2v) is 5.77. The third-order valence-electron chi connectivity index (χ3n) is 2.37. The van der Waals surface area contributed by atoms with E-state index < -0.39 is 9.84 Å². The number of para-hydroxylation sites is 1. The first-order chi connectivity index (χ1) is 8.11. The van der Waals surface area contributed by atoms with Crippen LogP contribution >= 0.6 is 0 Å². The number of benzene rings is 1. The summed E-state index contributed by atoms with van der Waals surface area (Å²) < 4.78 is 28.9. The van der Waals surface area contributed by atoms with Crippen LogP contribution in [0.5, 0.6) is 0 Å². The highest BCUT2D eigenvalue weighted by molar-refractivity contribution is 7.91. The van der Waals surface area contributed by atoms with Gasteiger partial charge in [-0.25, -0.2) is 8.42 Å². The standard InChI is InChI=1S/C12H19NO3S/c1-3-16-10-9-13-11-7-5-6-8-12(11)17(14,15)4-2/h5-8,13H,3-4,9-10H2,1-2H3. The number of sulfone groups is 1. The molecule has 0 fully saturated rings. The van der Waals surface area contributed by atoms with Crippen LogP contribution in [0.15, 0.2) is 29.2 Å². The highest BCUT2D eigenvalue weighted by Gasteiger charge is 2.15. The van der Waals surface area contributed by atoms with Gasteiger partial charge in [-0.15, -0.1) is 0 Å². The molecular formula is C12H19NO3S. The molecule has 0 amide bonds. The maximum atomic E-state index is 11.8. The molecule has 0 aliphatic heterocycles. The predicted molar refractivity (Wildman–Crippen MR) is 69.2 cm³/mol. The second-order valence-electron chi connectivity index (χ2n) is 3.52. The Morgan fingerprint density at radius 3 is 2.59 bits per heavy atom. The minimum absolute atomic E-state index is 0.108. The summed E-state index contributed by atoms with van der Waals surface area (Å²) in [6.07, 6.45) is 0. The number of anilines is 1. The van der Waals surface area contributed by atoms with Crippen LogP contribution < -0.4 is 5.32 Å². The van der Waals surface area contributed by atoms with E-state index in [4.69, 9.17) is 4.74 Å². The van der Waals surface area contributed by atoms with E-state index in [0.29, 0.717) is 30.3 Å². The lowest BCUT2D eigenvalue weighted by Gasteiger charge is -2.11. The Balaban J connectivity index is 2.79. The van der Waals surface area contributed by atoms with Gasteiger partial charge in [0.15, 0.2) is 9.84 Å². The van der Waals surface area contributed by atoms with E-state index in [1.807, 2.05) is 13.0 Å². The van der Waals surface area contributed by atoms with Gasteiger partial charge in [-0.05, 0) is 19.1 Å². The molecule has 5 heteroatoms. The first kappa shape index (κ1) is 14.0. The molecule has 1 aromatic carbocycles. The van der Waals surface area contributed by atoms with Crippen molar-refractivity contribution in [1.82, 2.24) is 0 Å². The Hall–Kier alpha value is -1.07. The highest BCUT2D eigenvalue weighted by atomic mass is 32.2. The fraction of sp³-hybridized carbons (Fsp3) is 0.500. The van der Waals surface area contributed by atoms with E-state index in [1.54, 1.807) is 25.1 Å². The lowest BCUT2D eigenvalue weighted by Crippen LogP contribution is -2.13. The van der Waals surface area contributed by atoms with Crippen molar-refractivity contribution in [3.05, 3.63) is 24.3 Å². The highest BCUT2D eigenvalue weighted by Crippen LogP contribution is 2.21. The van der Waals surface area contributed by atoms with E-state index in [0.717, 1.165) is 0 Å². The van der Waals surface area contributed by atoms with Crippen LogP contribution in [-0.4, -0.2) is 33.9 Å². The van der Waals surface area contributed by atoms with Gasteiger partial charge in [-0.1, -0.05) is 19.1 Å². The summed E-state index contributed by atoms with van der Waals surface area (Å²) in [6, 6.07) is 6.95. The van der Waals surface area contributed by atoms with Crippen LogP contribution in [0.25, 0.3) is 0 Å². The number of hydrogen-bond acceptors (Lipinski definition) is 4. The summed E-state index contributed by atoms with van der Waals surface area (Å²) in [6.45, 7) is 5.40. The Morgan fingerprint density at radius 2 is 1.94 bits per heavy atom. The SMILES string of the molecule is CCOCCNc1ccccc1S(=O)(=O)CC. The molecule has 1 aromatic rings. The average molecular weight is 257 g/mol. The van der Waals surface area contributed by atoms with Crippen molar-refractivity contribution in [3.63, 3.8) is 0 Å². The van der Waals surface area contributed by atoms with Gasteiger partial charge in [0.1, 0.15) is 0 Å². The van der Waals surface area contributed by atoms with Crippen molar-refractivity contribution in [2.24, 2.45) is 0 Å². The molecule has 1 rings (SSSR count). The molecule has 0 aromatic heterocycles. The predicted octanol–water partition coefficient (Wildman–Crippen LogP) is 1.93. The molecule has 0 spiro atoms. The Bertz CT molecular complexity index is 443. The van der Waals surface area contributed by atoms with E-state index in [2.05, 4.69) is 5.32 Å². The fourth-order valence-corrected chi connectivity index (χ4v) is 2.51. The monoisotopic (exact) mass is 257 g/mol. The molecule has 0 heterocycles. The van der Waals surface area contributed by atoms with E-state index in [1.165, 1.54) is 0 Å². The molecule has 17 heavy (non-hydrogen) atoms. The van der Waals surface area contributed by atoms with E-state index in [-0.39, 0.29) is 5.75 Å². The lowest BCUT2D eigenvalue weighted by atomic mass is 10.3. The Labute approximate surface area is 103 Å². The second kappa shape index (κ2) is 6.61. The van der Waals surface area contributed by atoms with Crippen molar-refractivity contribution in [1.29, 1.82) is 0 Å². The number of rotatable bonds is 7. The molecule has 96 valence electrons. The van der Waals surface area contributed by atoms with Crippen molar-refractivity contribution in [3.8, 4) is 0 Å². The van der Waals surface area contributed by atoms with Gasteiger partial charge in [0, 0.05) is 13.2 Å². The zero-order valence-electron chi connectivity index (χ0n) is 10.3. The van der Waals surface area contributed by atoms with Crippen LogP contribution in [0.4, 0.5) is 5.69 Å². The lowest BCUT2D eigenvalue weighted by molar-refractivity contribution is 0.158. The Kier molecular flexibility index (Phi) is 5.44. The quantitative estimate of drug-likeness (QED) is 0.758. The first-order valence-corrected chi connectivity index (χ1v) is 7.40. The molecule has 0 saturated carbocycles. The molecule has 0 aliphatic carbocycles. The third-order valence-corrected chi connectivity index (χ3v) is 4.15. The van der Waals surface area contributed by atoms with Crippen LogP contribution in [0.3, 0.4) is 0 Å². The summed E-state index contributed by atoms with van der Waals surface area (Å²) in [5, 5.41) is 3.08. The maximum Gasteiger partial charge on any atom is 0.180 e. The molecule has 0 bridgehead atoms. The molecule has 0 unspecified atom stereocenters. The van der Waals surface area contributed by atoms with Gasteiger partial charge >= 0.3 is 0 Å². The molecule has 0 radical (unpaired) electrons. The molecule has 0 aliphatic rings. The summed E-state index contributed by atoms with van der Waals surface area (Å²) in [5.41, 5.74) is 0.647. The smallest absolute Gasteiger partial charge is 0.180 e. The largest absolute Gasteiger partial charge is 0.382 e. The van der Waals surface area contributed by atoms with Gasteiger partial charge in [0.25, 0.3) is 0 Å². The van der Waals surface area contributed by atoms with Crippen molar-refractivity contribution < 1.29 is 13.2 Å². The summed E-state index contributed by atoms with van der Waals surface area (Å²) in [5.74, 6) is 0.108. The molecule has 4 nitrogen and oxygen atoms in total. The Morgan fingerprint density at radius 1 is 1.24 bits per heavy atom. The first-order valence-electron chi connectivity index (χ1n) is 5.75.